The van der Waals surface area contributed by atoms with Gasteiger partial charge >= 0.3 is 0 Å². The zero-order valence-electron chi connectivity index (χ0n) is 19.5. The minimum absolute atomic E-state index is 0.0500. The molecule has 2 fully saturated rings. The van der Waals surface area contributed by atoms with E-state index in [2.05, 4.69) is 20.9 Å². The third kappa shape index (κ3) is 8.61. The number of aliphatic imine (C=N–C) groups is 1. The van der Waals surface area contributed by atoms with Crippen LogP contribution in [-0.2, 0) is 14.4 Å². The summed E-state index contributed by atoms with van der Waals surface area (Å²) in [5.41, 5.74) is 5.96. The summed E-state index contributed by atoms with van der Waals surface area (Å²) in [7, 11) is 3.48. The number of hydrogen-bond donors (Lipinski definition) is 4. The van der Waals surface area contributed by atoms with Crippen LogP contribution in [0.25, 0.3) is 0 Å². The lowest BCUT2D eigenvalue weighted by Gasteiger charge is -2.21. The van der Waals surface area contributed by atoms with Gasteiger partial charge in [-0.15, -0.1) is 11.8 Å². The van der Waals surface area contributed by atoms with Crippen LogP contribution in [0.5, 0.6) is 0 Å². The summed E-state index contributed by atoms with van der Waals surface area (Å²) in [6.07, 6.45) is 8.72. The Hall–Kier alpha value is -1.81. The van der Waals surface area contributed by atoms with E-state index in [1.807, 2.05) is 0 Å². The number of rotatable bonds is 11. The topological polar surface area (TPSA) is 129 Å². The lowest BCUT2D eigenvalue weighted by molar-refractivity contribution is -0.139. The minimum atomic E-state index is -0.567. The first-order valence-electron chi connectivity index (χ1n) is 11.8. The average Bonchev–Trinajstić information content (AvgIpc) is 2.96. The zero-order valence-corrected chi connectivity index (χ0v) is 20.3. The molecule has 1 saturated carbocycles. The van der Waals surface area contributed by atoms with Crippen molar-refractivity contribution in [3.8, 4) is 0 Å². The van der Waals surface area contributed by atoms with Gasteiger partial charge in [0.1, 0.15) is 0 Å². The van der Waals surface area contributed by atoms with Crippen LogP contribution < -0.4 is 21.7 Å². The van der Waals surface area contributed by atoms with Crippen LogP contribution in [0.3, 0.4) is 0 Å². The monoisotopic (exact) mass is 468 g/mol. The van der Waals surface area contributed by atoms with Gasteiger partial charge in [-0.3, -0.25) is 24.3 Å². The quantitative estimate of drug-likeness (QED) is 0.116. The molecule has 1 heterocycles. The molecule has 1 aliphatic carbocycles. The maximum absolute atomic E-state index is 12.7. The van der Waals surface area contributed by atoms with E-state index in [4.69, 9.17) is 5.73 Å². The van der Waals surface area contributed by atoms with Gasteiger partial charge in [-0.2, -0.15) is 0 Å². The van der Waals surface area contributed by atoms with Gasteiger partial charge in [0.15, 0.2) is 5.96 Å². The molecular weight excluding hydrogens is 428 g/mol. The van der Waals surface area contributed by atoms with E-state index in [1.165, 1.54) is 42.3 Å². The fraction of sp³-hybridized carbons (Fsp3) is 0.818. The van der Waals surface area contributed by atoms with Gasteiger partial charge in [0.25, 0.3) is 0 Å². The number of imide groups is 1. The summed E-state index contributed by atoms with van der Waals surface area (Å²) >= 11 is 1.45. The number of nitrogens with one attached hydrogen (secondary N) is 3. The molecule has 10 heteroatoms. The summed E-state index contributed by atoms with van der Waals surface area (Å²) in [6, 6.07) is -0.567. The standard InChI is InChI=1S/C22H40N6O3S/c1-24-22(25-2)27-11-7-10-17(23)20(30)26-12-13-32-18-14-19(29)28(21(18)31)15-16-8-5-3-4-6-9-16/h16-18H,3-15,23H2,1-2H3,(H,26,30)(H2,24,25,27). The van der Waals surface area contributed by atoms with Gasteiger partial charge < -0.3 is 21.7 Å². The minimum Gasteiger partial charge on any atom is -0.359 e. The van der Waals surface area contributed by atoms with E-state index in [9.17, 15) is 14.4 Å². The van der Waals surface area contributed by atoms with Crippen molar-refractivity contribution in [2.45, 2.75) is 69.1 Å². The zero-order chi connectivity index (χ0) is 23.3. The van der Waals surface area contributed by atoms with E-state index in [0.717, 1.165) is 19.3 Å². The molecule has 0 aromatic carbocycles. The van der Waals surface area contributed by atoms with Gasteiger partial charge in [-0.05, 0) is 31.6 Å². The van der Waals surface area contributed by atoms with Crippen molar-refractivity contribution in [3.63, 3.8) is 0 Å². The molecule has 9 nitrogen and oxygen atoms in total. The molecule has 0 spiro atoms. The predicted molar refractivity (Wildman–Crippen MR) is 129 cm³/mol. The Morgan fingerprint density at radius 2 is 1.91 bits per heavy atom. The highest BCUT2D eigenvalue weighted by molar-refractivity contribution is 8.00. The number of thioether (sulfide) groups is 1. The number of nitrogens with zero attached hydrogens (tertiary/aromatic N) is 2. The highest BCUT2D eigenvalue weighted by Gasteiger charge is 2.39. The summed E-state index contributed by atoms with van der Waals surface area (Å²) in [4.78, 5) is 42.8. The van der Waals surface area contributed by atoms with Crippen LogP contribution in [0.15, 0.2) is 4.99 Å². The molecule has 2 rings (SSSR count). The normalized spacial score (nSPS) is 21.4. The van der Waals surface area contributed by atoms with Crippen LogP contribution in [0.2, 0.25) is 0 Å². The largest absolute Gasteiger partial charge is 0.359 e. The van der Waals surface area contributed by atoms with Crippen molar-refractivity contribution >= 4 is 35.4 Å². The summed E-state index contributed by atoms with van der Waals surface area (Å²) in [6.45, 7) is 1.69. The number of hydrogen-bond acceptors (Lipinski definition) is 6. The summed E-state index contributed by atoms with van der Waals surface area (Å²) in [5, 5.41) is 8.56. The number of nitrogens with two attached hydrogens (primary N) is 1. The van der Waals surface area contributed by atoms with Gasteiger partial charge in [-0.1, -0.05) is 25.7 Å². The highest BCUT2D eigenvalue weighted by Crippen LogP contribution is 2.29. The molecule has 2 aliphatic rings. The predicted octanol–water partition coefficient (Wildman–Crippen LogP) is 0.836. The Labute approximate surface area is 196 Å². The molecule has 3 amide bonds. The van der Waals surface area contributed by atoms with E-state index >= 15 is 0 Å². The van der Waals surface area contributed by atoms with E-state index < -0.39 is 6.04 Å². The van der Waals surface area contributed by atoms with E-state index in [0.29, 0.717) is 43.7 Å². The van der Waals surface area contributed by atoms with E-state index in [-0.39, 0.29) is 29.4 Å². The second-order valence-corrected chi connectivity index (χ2v) is 9.86. The third-order valence-electron chi connectivity index (χ3n) is 6.12. The second kappa shape index (κ2) is 14.4. The first-order valence-corrected chi connectivity index (χ1v) is 12.9. The van der Waals surface area contributed by atoms with Crippen molar-refractivity contribution in [3.05, 3.63) is 0 Å². The van der Waals surface area contributed by atoms with Gasteiger partial charge in [0, 0.05) is 45.9 Å². The molecule has 5 N–H and O–H groups in total. The number of carbonyl (C=O) groups excluding carboxylic acids is 3. The molecule has 2 unspecified atom stereocenters. The molecule has 1 aliphatic heterocycles. The molecule has 182 valence electrons. The first kappa shape index (κ1) is 26.4. The van der Waals surface area contributed by atoms with Crippen LogP contribution in [0.1, 0.15) is 57.8 Å². The van der Waals surface area contributed by atoms with Crippen LogP contribution >= 0.6 is 11.8 Å². The molecule has 0 radical (unpaired) electrons. The summed E-state index contributed by atoms with van der Waals surface area (Å²) < 4.78 is 0. The lowest BCUT2D eigenvalue weighted by atomic mass is 10.00. The Kier molecular flexibility index (Phi) is 11.9. The van der Waals surface area contributed by atoms with Crippen molar-refractivity contribution in [1.82, 2.24) is 20.9 Å². The van der Waals surface area contributed by atoms with Crippen LogP contribution in [0, 0.1) is 5.92 Å². The molecular formula is C22H40N6O3S. The smallest absolute Gasteiger partial charge is 0.242 e. The van der Waals surface area contributed by atoms with Gasteiger partial charge in [0.2, 0.25) is 17.7 Å². The van der Waals surface area contributed by atoms with E-state index in [1.54, 1.807) is 14.1 Å². The maximum Gasteiger partial charge on any atom is 0.242 e. The maximum atomic E-state index is 12.7. The Morgan fingerprint density at radius 3 is 2.56 bits per heavy atom. The number of guanidine groups is 1. The van der Waals surface area contributed by atoms with Crippen molar-refractivity contribution < 1.29 is 14.4 Å². The molecule has 2 atom stereocenters. The van der Waals surface area contributed by atoms with Gasteiger partial charge in [-0.25, -0.2) is 0 Å². The fourth-order valence-corrected chi connectivity index (χ4v) is 5.26. The number of carbonyl (C=O) groups is 3. The Morgan fingerprint density at radius 1 is 1.19 bits per heavy atom. The summed E-state index contributed by atoms with van der Waals surface area (Å²) in [5.74, 6) is 1.44. The Bertz CT molecular complexity index is 652. The van der Waals surface area contributed by atoms with Crippen molar-refractivity contribution in [2.75, 3.05) is 39.5 Å². The third-order valence-corrected chi connectivity index (χ3v) is 7.33. The first-order chi connectivity index (χ1) is 15.5. The number of likely N-dealkylation sites (tertiary alicyclic amines) is 1. The Balaban J connectivity index is 1.62. The molecule has 32 heavy (non-hydrogen) atoms. The van der Waals surface area contributed by atoms with Crippen LogP contribution in [0.4, 0.5) is 0 Å². The molecule has 0 bridgehead atoms. The SMILES string of the molecule is C/N=C(\NC)NCCCC(N)C(=O)NCCSC1CC(=O)N(CC2CCCCCC2)C1=O. The van der Waals surface area contributed by atoms with Crippen LogP contribution in [-0.4, -0.2) is 79.4 Å². The average molecular weight is 469 g/mol. The fourth-order valence-electron chi connectivity index (χ4n) is 4.23. The number of amides is 3. The van der Waals surface area contributed by atoms with Gasteiger partial charge in [0.05, 0.1) is 11.3 Å². The van der Waals surface area contributed by atoms with Crippen molar-refractivity contribution in [1.29, 1.82) is 0 Å². The second-order valence-electron chi connectivity index (χ2n) is 8.55. The molecule has 0 aromatic heterocycles. The van der Waals surface area contributed by atoms with Crippen molar-refractivity contribution in [2.24, 2.45) is 16.6 Å². The lowest BCUT2D eigenvalue weighted by Crippen LogP contribution is -2.42. The molecule has 1 saturated heterocycles. The highest BCUT2D eigenvalue weighted by atomic mass is 32.2. The molecule has 0 aromatic rings.